The van der Waals surface area contributed by atoms with Crippen LogP contribution in [0, 0.1) is 0 Å². The van der Waals surface area contributed by atoms with Gasteiger partial charge in [-0.25, -0.2) is 4.57 Å². The highest BCUT2D eigenvalue weighted by Gasteiger charge is 2.25. The highest BCUT2D eigenvalue weighted by molar-refractivity contribution is 7.47. The Kier molecular flexibility index (Phi) is 36.6. The molecule has 0 rings (SSSR count). The number of esters is 1. The van der Waals surface area contributed by atoms with Crippen LogP contribution >= 0.6 is 7.82 Å². The van der Waals surface area contributed by atoms with Crippen LogP contribution in [0.1, 0.15) is 200 Å². The Morgan fingerprint density at radius 2 is 1.04 bits per heavy atom. The number of hydrogen-bond acceptors (Lipinski definition) is 7. The molecule has 0 heterocycles. The van der Waals surface area contributed by atoms with Crippen LogP contribution < -0.4 is 5.73 Å². The Hall–Kier alpha value is -0.920. The maximum Gasteiger partial charge on any atom is 0.472 e. The first-order chi connectivity index (χ1) is 23.4. The molecule has 0 aromatic heterocycles. The number of phosphoric acid groups is 1. The number of ether oxygens (including phenoxy) is 2. The van der Waals surface area contributed by atoms with Crippen LogP contribution in [0.3, 0.4) is 0 Å². The van der Waals surface area contributed by atoms with Gasteiger partial charge in [-0.15, -0.1) is 0 Å². The first-order valence-electron chi connectivity index (χ1n) is 20.2. The van der Waals surface area contributed by atoms with Gasteiger partial charge in [-0.3, -0.25) is 13.8 Å². The molecule has 3 N–H and O–H groups in total. The predicted octanol–water partition coefficient (Wildman–Crippen LogP) is 11.9. The molecule has 9 heteroatoms. The third kappa shape index (κ3) is 36.4. The van der Waals surface area contributed by atoms with Crippen LogP contribution in [-0.2, 0) is 27.9 Å². The number of carbonyl (C=O) groups is 1. The van der Waals surface area contributed by atoms with Crippen LogP contribution in [0.15, 0.2) is 12.3 Å². The van der Waals surface area contributed by atoms with Crippen LogP contribution in [0.5, 0.6) is 0 Å². The summed E-state index contributed by atoms with van der Waals surface area (Å²) in [5, 5.41) is 0. The molecule has 286 valence electrons. The minimum Gasteiger partial charge on any atom is -0.498 e. The van der Waals surface area contributed by atoms with Crippen molar-refractivity contribution >= 4 is 13.8 Å². The SMILES string of the molecule is CCCCCCCCCCCCCCCCCC/C=C\OC[C@H](COP(=O)(O)OCCN)OC(=O)CCCCCCCCCCCCC. The van der Waals surface area contributed by atoms with Crippen LogP contribution in [0.25, 0.3) is 0 Å². The van der Waals surface area contributed by atoms with Gasteiger partial charge in [0.2, 0.25) is 0 Å². The Morgan fingerprint density at radius 1 is 0.625 bits per heavy atom. The summed E-state index contributed by atoms with van der Waals surface area (Å²) < 4.78 is 33.1. The lowest BCUT2D eigenvalue weighted by molar-refractivity contribution is -0.153. The summed E-state index contributed by atoms with van der Waals surface area (Å²) in [6.07, 6.45) is 38.9. The monoisotopic (exact) mass is 704 g/mol. The quantitative estimate of drug-likeness (QED) is 0.0281. The Bertz CT molecular complexity index is 752. The number of hydrogen-bond donors (Lipinski definition) is 2. The van der Waals surface area contributed by atoms with Crippen molar-refractivity contribution in [3.8, 4) is 0 Å². The predicted molar refractivity (Wildman–Crippen MR) is 201 cm³/mol. The lowest BCUT2D eigenvalue weighted by Crippen LogP contribution is -2.27. The van der Waals surface area contributed by atoms with E-state index in [1.165, 1.54) is 148 Å². The molecule has 0 aliphatic heterocycles. The number of phosphoric ester groups is 1. The molecule has 0 aromatic rings. The zero-order chi connectivity index (χ0) is 35.2. The second-order valence-electron chi connectivity index (χ2n) is 13.6. The largest absolute Gasteiger partial charge is 0.498 e. The molecule has 1 unspecified atom stereocenters. The van der Waals surface area contributed by atoms with Gasteiger partial charge in [-0.2, -0.15) is 0 Å². The van der Waals surface area contributed by atoms with E-state index in [0.717, 1.165) is 32.1 Å². The van der Waals surface area contributed by atoms with Crippen molar-refractivity contribution < 1.29 is 32.8 Å². The number of carbonyl (C=O) groups excluding carboxylic acids is 1. The van der Waals surface area contributed by atoms with Crippen molar-refractivity contribution in [1.29, 1.82) is 0 Å². The molecule has 0 amide bonds. The number of allylic oxidation sites excluding steroid dienone is 1. The fraction of sp³-hybridized carbons (Fsp3) is 0.923. The second kappa shape index (κ2) is 37.3. The van der Waals surface area contributed by atoms with E-state index in [0.29, 0.717) is 6.42 Å². The van der Waals surface area contributed by atoms with Crippen LogP contribution in [0.4, 0.5) is 0 Å². The average Bonchev–Trinajstić information content (AvgIpc) is 3.07. The van der Waals surface area contributed by atoms with Gasteiger partial charge in [-0.1, -0.05) is 174 Å². The van der Waals surface area contributed by atoms with Crippen molar-refractivity contribution in [2.24, 2.45) is 5.73 Å². The van der Waals surface area contributed by atoms with Crippen molar-refractivity contribution in [2.45, 2.75) is 206 Å². The summed E-state index contributed by atoms with van der Waals surface area (Å²) in [4.78, 5) is 22.3. The van der Waals surface area contributed by atoms with Gasteiger partial charge in [0.1, 0.15) is 6.61 Å². The van der Waals surface area contributed by atoms with E-state index in [2.05, 4.69) is 13.8 Å². The van der Waals surface area contributed by atoms with E-state index in [-0.39, 0.29) is 32.3 Å². The number of unbranched alkanes of at least 4 members (excludes halogenated alkanes) is 26. The average molecular weight is 704 g/mol. The molecular weight excluding hydrogens is 625 g/mol. The highest BCUT2D eigenvalue weighted by atomic mass is 31.2. The zero-order valence-corrected chi connectivity index (χ0v) is 32.4. The molecule has 0 fully saturated rings. The van der Waals surface area contributed by atoms with Crippen molar-refractivity contribution in [1.82, 2.24) is 0 Å². The molecule has 48 heavy (non-hydrogen) atoms. The molecule has 0 radical (unpaired) electrons. The minimum absolute atomic E-state index is 0.0380. The minimum atomic E-state index is -4.28. The Balaban J connectivity index is 4.04. The maximum atomic E-state index is 12.5. The standard InChI is InChI=1S/C39H78NO7P/c1-3-5-7-9-11-13-15-16-17-18-19-20-21-23-25-27-29-31-34-44-36-38(37-46-48(42,43)45-35-33-40)47-39(41)32-30-28-26-24-22-14-12-10-8-6-4-2/h31,34,38H,3-30,32-33,35-37,40H2,1-2H3,(H,42,43)/b34-31-/t38-/m1/s1. The Morgan fingerprint density at radius 3 is 1.48 bits per heavy atom. The third-order valence-electron chi connectivity index (χ3n) is 8.78. The summed E-state index contributed by atoms with van der Waals surface area (Å²) in [5.41, 5.74) is 5.35. The molecular formula is C39H78NO7P. The summed E-state index contributed by atoms with van der Waals surface area (Å²) in [7, 11) is -4.28. The molecule has 0 spiro atoms. The van der Waals surface area contributed by atoms with Crippen LogP contribution in [0.2, 0.25) is 0 Å². The van der Waals surface area contributed by atoms with Gasteiger partial charge in [-0.05, 0) is 25.3 Å². The van der Waals surface area contributed by atoms with Gasteiger partial charge in [0.25, 0.3) is 0 Å². The summed E-state index contributed by atoms with van der Waals surface area (Å²) in [5.74, 6) is -0.351. The first kappa shape index (κ1) is 47.1. The van der Waals surface area contributed by atoms with E-state index in [9.17, 15) is 14.3 Å². The smallest absolute Gasteiger partial charge is 0.472 e. The molecule has 0 bridgehead atoms. The third-order valence-corrected chi connectivity index (χ3v) is 9.76. The topological polar surface area (TPSA) is 117 Å². The molecule has 0 aliphatic carbocycles. The van der Waals surface area contributed by atoms with E-state index in [1.807, 2.05) is 6.08 Å². The van der Waals surface area contributed by atoms with E-state index < -0.39 is 13.9 Å². The highest BCUT2D eigenvalue weighted by Crippen LogP contribution is 2.43. The first-order valence-corrected chi connectivity index (χ1v) is 21.7. The summed E-state index contributed by atoms with van der Waals surface area (Å²) in [6, 6.07) is 0. The molecule has 0 aromatic carbocycles. The fourth-order valence-electron chi connectivity index (χ4n) is 5.79. The molecule has 8 nitrogen and oxygen atoms in total. The summed E-state index contributed by atoms with van der Waals surface area (Å²) in [6.45, 7) is 4.25. The second-order valence-corrected chi connectivity index (χ2v) is 15.0. The van der Waals surface area contributed by atoms with Crippen molar-refractivity contribution in [2.75, 3.05) is 26.4 Å². The zero-order valence-electron chi connectivity index (χ0n) is 31.5. The van der Waals surface area contributed by atoms with E-state index >= 15 is 0 Å². The van der Waals surface area contributed by atoms with Gasteiger partial charge in [0.05, 0.1) is 19.5 Å². The van der Waals surface area contributed by atoms with E-state index in [1.54, 1.807) is 6.26 Å². The lowest BCUT2D eigenvalue weighted by Gasteiger charge is -2.19. The van der Waals surface area contributed by atoms with Crippen molar-refractivity contribution in [3.63, 3.8) is 0 Å². The lowest BCUT2D eigenvalue weighted by atomic mass is 10.0. The molecule has 0 saturated carbocycles. The molecule has 2 atom stereocenters. The van der Waals surface area contributed by atoms with Gasteiger partial charge in [0, 0.05) is 13.0 Å². The molecule has 0 saturated heterocycles. The van der Waals surface area contributed by atoms with Crippen LogP contribution in [-0.4, -0.2) is 43.3 Å². The maximum absolute atomic E-state index is 12.5. The molecule has 0 aliphatic rings. The summed E-state index contributed by atoms with van der Waals surface area (Å²) >= 11 is 0. The van der Waals surface area contributed by atoms with Gasteiger partial charge >= 0.3 is 13.8 Å². The van der Waals surface area contributed by atoms with Gasteiger partial charge in [0.15, 0.2) is 6.10 Å². The Labute approximate surface area is 296 Å². The van der Waals surface area contributed by atoms with Gasteiger partial charge < -0.3 is 20.1 Å². The normalized spacial score (nSPS) is 13.6. The van der Waals surface area contributed by atoms with E-state index in [4.69, 9.17) is 24.3 Å². The number of rotatable bonds is 39. The fourth-order valence-corrected chi connectivity index (χ4v) is 6.55. The van der Waals surface area contributed by atoms with Crippen molar-refractivity contribution in [3.05, 3.63) is 12.3 Å². The number of nitrogens with two attached hydrogens (primary N) is 1.